The van der Waals surface area contributed by atoms with E-state index in [0.29, 0.717) is 6.42 Å². The van der Waals surface area contributed by atoms with Crippen LogP contribution in [0, 0.1) is 11.8 Å². The summed E-state index contributed by atoms with van der Waals surface area (Å²) < 4.78 is 13.7. The summed E-state index contributed by atoms with van der Waals surface area (Å²) in [5.41, 5.74) is 0. The Hall–Kier alpha value is -0.476. The summed E-state index contributed by atoms with van der Waals surface area (Å²) >= 11 is 0. The molecule has 0 radical (unpaired) electrons. The molecule has 5 nitrogen and oxygen atoms in total. The van der Waals surface area contributed by atoms with E-state index in [1.165, 1.54) is 0 Å². The molecular formula is C25H50O5Si2. The van der Waals surface area contributed by atoms with E-state index in [4.69, 9.17) is 14.0 Å². The van der Waals surface area contributed by atoms with Crippen molar-refractivity contribution in [2.75, 3.05) is 6.61 Å². The van der Waals surface area contributed by atoms with Crippen LogP contribution in [0.25, 0.3) is 0 Å². The second-order valence-corrected chi connectivity index (χ2v) is 22.1. The lowest BCUT2D eigenvalue weighted by Gasteiger charge is -2.40. The Kier molecular flexibility index (Phi) is 10.4. The molecule has 32 heavy (non-hydrogen) atoms. The molecule has 0 spiro atoms. The Balaban J connectivity index is 3.06. The fourth-order valence-electron chi connectivity index (χ4n) is 3.83. The van der Waals surface area contributed by atoms with Crippen molar-refractivity contribution in [3.63, 3.8) is 0 Å². The highest BCUT2D eigenvalue weighted by molar-refractivity contribution is 6.74. The minimum Gasteiger partial charge on any atom is -0.481 e. The van der Waals surface area contributed by atoms with Gasteiger partial charge in [0.15, 0.2) is 16.6 Å². The summed E-state index contributed by atoms with van der Waals surface area (Å²) in [5, 5.41) is 19.4. The van der Waals surface area contributed by atoms with E-state index in [9.17, 15) is 9.90 Å². The number of hydrogen-bond acceptors (Lipinski definition) is 4. The van der Waals surface area contributed by atoms with Gasteiger partial charge in [-0.15, -0.1) is 0 Å². The first-order valence-electron chi connectivity index (χ1n) is 12.3. The fraction of sp³-hybridized carbons (Fsp3) is 0.880. The third-order valence-electron chi connectivity index (χ3n) is 8.02. The number of hydrogen-bond donors (Lipinski definition) is 2. The number of aliphatic hydroxyl groups is 1. The van der Waals surface area contributed by atoms with Crippen molar-refractivity contribution in [3.8, 4) is 0 Å². The smallest absolute Gasteiger partial charge is 0.303 e. The van der Waals surface area contributed by atoms with Gasteiger partial charge >= 0.3 is 5.97 Å². The third-order valence-corrected chi connectivity index (χ3v) is 17.0. The van der Waals surface area contributed by atoms with Gasteiger partial charge in [-0.2, -0.15) is 0 Å². The van der Waals surface area contributed by atoms with E-state index in [-0.39, 0.29) is 47.1 Å². The maximum atomic E-state index is 10.7. The quantitative estimate of drug-likeness (QED) is 0.195. The van der Waals surface area contributed by atoms with E-state index >= 15 is 0 Å². The van der Waals surface area contributed by atoms with Gasteiger partial charge in [0.2, 0.25) is 0 Å². The Morgan fingerprint density at radius 3 is 1.78 bits per heavy atom. The monoisotopic (exact) mass is 486 g/mol. The number of carboxylic acids is 1. The highest BCUT2D eigenvalue weighted by Crippen LogP contribution is 2.47. The maximum Gasteiger partial charge on any atom is 0.303 e. The molecule has 1 aliphatic carbocycles. The molecule has 0 aromatic heterocycles. The van der Waals surface area contributed by atoms with Gasteiger partial charge in [0.05, 0.1) is 12.2 Å². The maximum absolute atomic E-state index is 10.7. The molecule has 1 aliphatic rings. The summed E-state index contributed by atoms with van der Waals surface area (Å²) in [7, 11) is -3.94. The Morgan fingerprint density at radius 1 is 0.906 bits per heavy atom. The van der Waals surface area contributed by atoms with E-state index in [2.05, 4.69) is 79.9 Å². The average molecular weight is 487 g/mol. The van der Waals surface area contributed by atoms with Crippen molar-refractivity contribution in [1.29, 1.82) is 0 Å². The van der Waals surface area contributed by atoms with E-state index in [0.717, 1.165) is 19.3 Å². The number of carbonyl (C=O) groups is 1. The van der Waals surface area contributed by atoms with Crippen LogP contribution in [-0.4, -0.2) is 51.6 Å². The lowest BCUT2D eigenvalue weighted by atomic mass is 9.91. The highest BCUT2D eigenvalue weighted by Gasteiger charge is 2.50. The van der Waals surface area contributed by atoms with Gasteiger partial charge in [-0.05, 0) is 67.9 Å². The largest absolute Gasteiger partial charge is 0.481 e. The zero-order valence-corrected chi connectivity index (χ0v) is 24.3. The first-order chi connectivity index (χ1) is 14.4. The second-order valence-electron chi connectivity index (χ2n) is 12.6. The van der Waals surface area contributed by atoms with E-state index in [1.807, 2.05) is 0 Å². The second kappa shape index (κ2) is 11.3. The van der Waals surface area contributed by atoms with Gasteiger partial charge in [0.25, 0.3) is 0 Å². The molecule has 1 saturated carbocycles. The van der Waals surface area contributed by atoms with Gasteiger partial charge < -0.3 is 19.1 Å². The molecular weight excluding hydrogens is 436 g/mol. The lowest BCUT2D eigenvalue weighted by Crippen LogP contribution is -2.45. The van der Waals surface area contributed by atoms with Crippen LogP contribution in [0.5, 0.6) is 0 Å². The topological polar surface area (TPSA) is 76.0 Å². The summed E-state index contributed by atoms with van der Waals surface area (Å²) in [6, 6.07) is 0. The standard InChI is InChI=1S/C25H50O5Si2/c1-24(2,3)31(7,8)29-21-17-22(30-32(9,10)25(4,5)6)20(18-26)19(21)15-13-11-12-14-16-23(27)28/h11,13,19-22,26H,12,14-18H2,1-10H3,(H,27,28)/b13-11-/t19-,20+,21-,22+/m0/s1. The third kappa shape index (κ3) is 8.08. The van der Waals surface area contributed by atoms with Crippen molar-refractivity contribution in [1.82, 2.24) is 0 Å². The highest BCUT2D eigenvalue weighted by atomic mass is 28.4. The molecule has 0 heterocycles. The first-order valence-corrected chi connectivity index (χ1v) is 18.1. The molecule has 7 heteroatoms. The molecule has 0 aromatic rings. The number of rotatable bonds is 11. The minimum atomic E-state index is -1.97. The SMILES string of the molecule is CC(C)(C)[Si](C)(C)O[C@H]1C[C@@H](O[Si](C)(C)C(C)(C)C)[C@H](CO)[C@@H]1C/C=C\CCCC(=O)O. The van der Waals surface area contributed by atoms with Gasteiger partial charge in [-0.3, -0.25) is 4.79 Å². The van der Waals surface area contributed by atoms with Crippen molar-refractivity contribution in [3.05, 3.63) is 12.2 Å². The average Bonchev–Trinajstić information content (AvgIpc) is 2.90. The van der Waals surface area contributed by atoms with Gasteiger partial charge in [-0.25, -0.2) is 0 Å². The molecule has 188 valence electrons. The van der Waals surface area contributed by atoms with E-state index < -0.39 is 22.6 Å². The van der Waals surface area contributed by atoms with E-state index in [1.54, 1.807) is 0 Å². The predicted octanol–water partition coefficient (Wildman–Crippen LogP) is 6.60. The number of unbranched alkanes of at least 4 members (excludes halogenated alkanes) is 1. The molecule has 0 aromatic carbocycles. The van der Waals surface area contributed by atoms with Gasteiger partial charge in [-0.1, -0.05) is 53.7 Å². The number of aliphatic carboxylic acids is 1. The molecule has 4 atom stereocenters. The summed E-state index contributed by atoms with van der Waals surface area (Å²) in [6.45, 7) is 22.8. The Bertz CT molecular complexity index is 631. The normalized spacial score (nSPS) is 25.6. The van der Waals surface area contributed by atoms with Crippen molar-refractivity contribution >= 4 is 22.6 Å². The molecule has 1 fully saturated rings. The molecule has 2 N–H and O–H groups in total. The zero-order valence-electron chi connectivity index (χ0n) is 22.3. The van der Waals surface area contributed by atoms with Crippen LogP contribution in [0.3, 0.4) is 0 Å². The van der Waals surface area contributed by atoms with Gasteiger partial charge in [0.1, 0.15) is 0 Å². The molecule has 0 aliphatic heterocycles. The molecule has 0 saturated heterocycles. The number of allylic oxidation sites excluding steroid dienone is 2. The van der Waals surface area contributed by atoms with Gasteiger partial charge in [0, 0.05) is 18.9 Å². The van der Waals surface area contributed by atoms with Crippen molar-refractivity contribution in [2.24, 2.45) is 11.8 Å². The number of carboxylic acid groups (broad SMARTS) is 1. The number of aliphatic hydroxyl groups excluding tert-OH is 1. The zero-order chi connectivity index (χ0) is 25.0. The molecule has 0 unspecified atom stereocenters. The summed E-state index contributed by atoms with van der Waals surface area (Å²) in [6.07, 6.45) is 7.62. The molecule has 0 bridgehead atoms. The predicted molar refractivity (Wildman–Crippen MR) is 138 cm³/mol. The molecule has 1 rings (SSSR count). The van der Waals surface area contributed by atoms with Crippen LogP contribution in [0.2, 0.25) is 36.3 Å². The van der Waals surface area contributed by atoms with Crippen molar-refractivity contribution < 1.29 is 23.9 Å². The first kappa shape index (κ1) is 29.6. The Labute approximate surface area is 199 Å². The minimum absolute atomic E-state index is 0.0149. The van der Waals surface area contributed by atoms with Crippen molar-refractivity contribution in [2.45, 2.75) is 122 Å². The van der Waals surface area contributed by atoms with Crippen LogP contribution in [0.4, 0.5) is 0 Å². The van der Waals surface area contributed by atoms with Crippen LogP contribution in [0.15, 0.2) is 12.2 Å². The summed E-state index contributed by atoms with van der Waals surface area (Å²) in [4.78, 5) is 10.7. The Morgan fingerprint density at radius 2 is 1.38 bits per heavy atom. The van der Waals surface area contributed by atoms with Crippen LogP contribution in [0.1, 0.15) is 73.6 Å². The van der Waals surface area contributed by atoms with Crippen LogP contribution >= 0.6 is 0 Å². The lowest BCUT2D eigenvalue weighted by molar-refractivity contribution is -0.137. The molecule has 0 amide bonds. The van der Waals surface area contributed by atoms with Crippen LogP contribution < -0.4 is 0 Å². The fourth-order valence-corrected chi connectivity index (χ4v) is 6.60. The van der Waals surface area contributed by atoms with Crippen LogP contribution in [-0.2, 0) is 13.6 Å². The summed E-state index contributed by atoms with van der Waals surface area (Å²) in [5.74, 6) is -0.481.